The van der Waals surface area contributed by atoms with Crippen LogP contribution in [0.15, 0.2) is 12.3 Å². The molecule has 0 aromatic carbocycles. The van der Waals surface area contributed by atoms with Gasteiger partial charge in [-0.05, 0) is 38.3 Å². The maximum Gasteiger partial charge on any atom is 0.254 e. The smallest absolute Gasteiger partial charge is 0.254 e. The highest BCUT2D eigenvalue weighted by molar-refractivity contribution is 6.32. The zero-order chi connectivity index (χ0) is 14.1. The molecule has 5 nitrogen and oxygen atoms in total. The van der Waals surface area contributed by atoms with E-state index in [1.807, 2.05) is 0 Å². The van der Waals surface area contributed by atoms with Crippen molar-refractivity contribution in [2.24, 2.45) is 0 Å². The number of rotatable bonds is 2. The lowest BCUT2D eigenvalue weighted by Gasteiger charge is -2.35. The van der Waals surface area contributed by atoms with Crippen LogP contribution in [0.5, 0.6) is 0 Å². The van der Waals surface area contributed by atoms with Gasteiger partial charge in [-0.2, -0.15) is 0 Å². The number of nitrogen functional groups attached to an aromatic ring is 1. The Labute approximate surface area is 123 Å². The van der Waals surface area contributed by atoms with E-state index in [-0.39, 0.29) is 17.1 Å². The number of pyridine rings is 1. The zero-order valence-electron chi connectivity index (χ0n) is 11.3. The number of fused-ring (bicyclic) bond motifs is 1. The highest BCUT2D eigenvalue weighted by Gasteiger charge is 2.32. The molecule has 0 radical (unpaired) electrons. The summed E-state index contributed by atoms with van der Waals surface area (Å²) in [6.45, 7) is 2.27. The maximum absolute atomic E-state index is 12.3. The van der Waals surface area contributed by atoms with E-state index in [0.717, 1.165) is 19.4 Å². The summed E-state index contributed by atoms with van der Waals surface area (Å²) >= 11 is 5.96. The predicted octanol–water partition coefficient (Wildman–Crippen LogP) is 1.67. The minimum atomic E-state index is -0.175. The van der Waals surface area contributed by atoms with E-state index in [0.29, 0.717) is 17.3 Å². The van der Waals surface area contributed by atoms with E-state index >= 15 is 0 Å². The minimum absolute atomic E-state index is 0.175. The largest absolute Gasteiger partial charge is 0.397 e. The van der Waals surface area contributed by atoms with Crippen molar-refractivity contribution in [1.82, 2.24) is 15.2 Å². The molecule has 1 aromatic rings. The fourth-order valence-corrected chi connectivity index (χ4v) is 3.43. The molecule has 2 saturated heterocycles. The minimum Gasteiger partial charge on any atom is -0.397 e. The summed E-state index contributed by atoms with van der Waals surface area (Å²) in [6, 6.07) is 2.43. The fraction of sp³-hybridized carbons (Fsp3) is 0.571. The van der Waals surface area contributed by atoms with Gasteiger partial charge >= 0.3 is 0 Å². The van der Waals surface area contributed by atoms with Crippen LogP contribution >= 0.6 is 11.6 Å². The van der Waals surface area contributed by atoms with Crippen molar-refractivity contribution in [3.63, 3.8) is 0 Å². The molecule has 108 valence electrons. The van der Waals surface area contributed by atoms with Crippen LogP contribution in [-0.2, 0) is 0 Å². The molecule has 0 aliphatic carbocycles. The number of hydrogen-bond donors (Lipinski definition) is 2. The molecule has 0 saturated carbocycles. The van der Waals surface area contributed by atoms with E-state index in [1.54, 1.807) is 6.07 Å². The Kier molecular flexibility index (Phi) is 3.81. The number of hydrogen-bond acceptors (Lipinski definition) is 4. The van der Waals surface area contributed by atoms with Crippen molar-refractivity contribution in [3.05, 3.63) is 23.0 Å². The summed E-state index contributed by atoms with van der Waals surface area (Å²) in [6.07, 6.45) is 5.99. The van der Waals surface area contributed by atoms with Crippen molar-refractivity contribution in [2.45, 2.75) is 37.8 Å². The molecule has 1 aromatic heterocycles. The second-order valence-corrected chi connectivity index (χ2v) is 5.99. The van der Waals surface area contributed by atoms with Crippen LogP contribution in [0.4, 0.5) is 5.69 Å². The van der Waals surface area contributed by atoms with Gasteiger partial charge in [0.05, 0.1) is 17.4 Å². The van der Waals surface area contributed by atoms with Gasteiger partial charge in [-0.15, -0.1) is 0 Å². The first-order chi connectivity index (χ1) is 9.63. The average molecular weight is 295 g/mol. The lowest BCUT2D eigenvalue weighted by molar-refractivity contribution is 0.0896. The molecule has 2 aliphatic heterocycles. The van der Waals surface area contributed by atoms with Gasteiger partial charge < -0.3 is 16.0 Å². The Hall–Kier alpha value is -1.33. The molecule has 2 aliphatic rings. The number of amides is 1. The SMILES string of the molecule is Nc1cnc(Cl)c(C(=O)NC2CCN3CCCC3C2)c1. The molecule has 2 atom stereocenters. The summed E-state index contributed by atoms with van der Waals surface area (Å²) < 4.78 is 0. The van der Waals surface area contributed by atoms with Gasteiger partial charge in [0.25, 0.3) is 5.91 Å². The molecule has 6 heteroatoms. The molecule has 20 heavy (non-hydrogen) atoms. The second kappa shape index (κ2) is 5.58. The molecule has 0 bridgehead atoms. The maximum atomic E-state index is 12.3. The van der Waals surface area contributed by atoms with Crippen LogP contribution < -0.4 is 11.1 Å². The predicted molar refractivity (Wildman–Crippen MR) is 78.7 cm³/mol. The lowest BCUT2D eigenvalue weighted by Crippen LogP contribution is -2.47. The van der Waals surface area contributed by atoms with Crippen molar-refractivity contribution in [2.75, 3.05) is 18.8 Å². The summed E-state index contributed by atoms with van der Waals surface area (Å²) in [5.74, 6) is -0.175. The van der Waals surface area contributed by atoms with Crippen molar-refractivity contribution >= 4 is 23.2 Å². The normalized spacial score (nSPS) is 26.2. The highest BCUT2D eigenvalue weighted by atomic mass is 35.5. The number of piperidine rings is 1. The molecule has 3 rings (SSSR count). The number of aromatic nitrogens is 1. The fourth-order valence-electron chi connectivity index (χ4n) is 3.24. The van der Waals surface area contributed by atoms with Crippen LogP contribution in [0, 0.1) is 0 Å². The van der Waals surface area contributed by atoms with Gasteiger partial charge in [-0.3, -0.25) is 4.79 Å². The summed E-state index contributed by atoms with van der Waals surface area (Å²) in [5.41, 5.74) is 6.47. The quantitative estimate of drug-likeness (QED) is 0.814. The molecule has 2 unspecified atom stereocenters. The number of nitrogens with zero attached hydrogens (tertiary/aromatic N) is 2. The Balaban J connectivity index is 1.65. The zero-order valence-corrected chi connectivity index (χ0v) is 12.1. The number of carbonyl (C=O) groups excluding carboxylic acids is 1. The number of carbonyl (C=O) groups is 1. The van der Waals surface area contributed by atoms with Gasteiger partial charge in [0.2, 0.25) is 0 Å². The third-order valence-electron chi connectivity index (χ3n) is 4.26. The first kappa shape index (κ1) is 13.6. The van der Waals surface area contributed by atoms with Crippen LogP contribution in [0.25, 0.3) is 0 Å². The van der Waals surface area contributed by atoms with E-state index in [9.17, 15) is 4.79 Å². The van der Waals surface area contributed by atoms with Gasteiger partial charge in [-0.25, -0.2) is 4.98 Å². The van der Waals surface area contributed by atoms with Crippen molar-refractivity contribution in [3.8, 4) is 0 Å². The van der Waals surface area contributed by atoms with Gasteiger partial charge in [0, 0.05) is 18.6 Å². The number of nitrogens with one attached hydrogen (secondary N) is 1. The molecule has 1 amide bonds. The number of anilines is 1. The molecule has 3 heterocycles. The Morgan fingerprint density at radius 3 is 3.15 bits per heavy atom. The molecule has 0 spiro atoms. The molecule has 3 N–H and O–H groups in total. The first-order valence-corrected chi connectivity index (χ1v) is 7.47. The van der Waals surface area contributed by atoms with Crippen LogP contribution in [-0.4, -0.2) is 41.0 Å². The van der Waals surface area contributed by atoms with Crippen LogP contribution in [0.3, 0.4) is 0 Å². The van der Waals surface area contributed by atoms with E-state index in [1.165, 1.54) is 25.6 Å². The third kappa shape index (κ3) is 2.74. The third-order valence-corrected chi connectivity index (χ3v) is 4.56. The summed E-state index contributed by atoms with van der Waals surface area (Å²) in [7, 11) is 0. The Bertz CT molecular complexity index is 522. The molecular formula is C14H19ClN4O. The summed E-state index contributed by atoms with van der Waals surface area (Å²) in [4.78, 5) is 18.7. The molecular weight excluding hydrogens is 276 g/mol. The van der Waals surface area contributed by atoms with Gasteiger partial charge in [0.15, 0.2) is 0 Å². The standard InChI is InChI=1S/C14H19ClN4O/c15-13-12(6-9(16)8-17-13)14(20)18-10-3-5-19-4-1-2-11(19)7-10/h6,8,10-11H,1-5,7,16H2,(H,18,20). The van der Waals surface area contributed by atoms with Crippen LogP contribution in [0.1, 0.15) is 36.0 Å². The van der Waals surface area contributed by atoms with Gasteiger partial charge in [-0.1, -0.05) is 11.6 Å². The van der Waals surface area contributed by atoms with Crippen LogP contribution in [0.2, 0.25) is 5.15 Å². The lowest BCUT2D eigenvalue weighted by atomic mass is 9.97. The van der Waals surface area contributed by atoms with Crippen molar-refractivity contribution < 1.29 is 4.79 Å². The topological polar surface area (TPSA) is 71.2 Å². The van der Waals surface area contributed by atoms with E-state index in [2.05, 4.69) is 15.2 Å². The highest BCUT2D eigenvalue weighted by Crippen LogP contribution is 2.27. The number of halogens is 1. The Morgan fingerprint density at radius 2 is 2.30 bits per heavy atom. The second-order valence-electron chi connectivity index (χ2n) is 5.63. The van der Waals surface area contributed by atoms with Crippen molar-refractivity contribution in [1.29, 1.82) is 0 Å². The Morgan fingerprint density at radius 1 is 1.45 bits per heavy atom. The monoisotopic (exact) mass is 294 g/mol. The first-order valence-electron chi connectivity index (χ1n) is 7.09. The van der Waals surface area contributed by atoms with Gasteiger partial charge in [0.1, 0.15) is 5.15 Å². The van der Waals surface area contributed by atoms with E-state index in [4.69, 9.17) is 17.3 Å². The van der Waals surface area contributed by atoms with E-state index < -0.39 is 0 Å². The number of nitrogens with two attached hydrogens (primary N) is 1. The molecule has 2 fully saturated rings. The summed E-state index contributed by atoms with van der Waals surface area (Å²) in [5, 5.41) is 3.27. The average Bonchev–Trinajstić information content (AvgIpc) is 2.89.